The lowest BCUT2D eigenvalue weighted by atomic mass is 9.83. The molecule has 4 heterocycles. The van der Waals surface area contributed by atoms with Crippen molar-refractivity contribution in [1.29, 1.82) is 0 Å². The van der Waals surface area contributed by atoms with Crippen LogP contribution in [0, 0.1) is 11.8 Å². The van der Waals surface area contributed by atoms with E-state index < -0.39 is 114 Å². The number of urea groups is 1. The van der Waals surface area contributed by atoms with E-state index in [2.05, 4.69) is 26.6 Å². The number of anilines is 2. The number of carbonyl (C=O) groups excluding carboxylic acids is 9. The fraction of sp³-hybridized carbons (Fsp3) is 0.557. The number of halogens is 1. The number of epoxide rings is 1. The van der Waals surface area contributed by atoms with Crippen LogP contribution >= 0.6 is 11.6 Å². The topological polar surface area (TPSA) is 349 Å². The monoisotopic (exact) mass is 1250 g/mol. The first-order valence-corrected chi connectivity index (χ1v) is 29.7. The summed E-state index contributed by atoms with van der Waals surface area (Å²) in [6.07, 6.45) is 2.92. The zero-order valence-corrected chi connectivity index (χ0v) is 52.2. The molecule has 88 heavy (non-hydrogen) atoms. The molecular formula is C61H84ClN9O17. The molecule has 0 radical (unpaired) electrons. The van der Waals surface area contributed by atoms with Crippen molar-refractivity contribution in [2.24, 2.45) is 17.6 Å². The number of primary amides is 1. The van der Waals surface area contributed by atoms with Crippen LogP contribution in [-0.4, -0.2) is 175 Å². The Morgan fingerprint density at radius 1 is 0.989 bits per heavy atom. The highest BCUT2D eigenvalue weighted by Crippen LogP contribution is 2.49. The molecule has 9 amide bonds. The summed E-state index contributed by atoms with van der Waals surface area (Å²) in [5, 5.41) is 35.2. The third-order valence-electron chi connectivity index (χ3n) is 16.2. The molecule has 2 saturated heterocycles. The van der Waals surface area contributed by atoms with Gasteiger partial charge < -0.3 is 75.4 Å². The second-order valence-electron chi connectivity index (χ2n) is 23.1. The molecule has 0 spiro atoms. The van der Waals surface area contributed by atoms with Gasteiger partial charge in [-0.3, -0.25) is 34.2 Å². The largest absolute Gasteiger partial charge is 0.495 e. The van der Waals surface area contributed by atoms with Crippen LogP contribution in [0.1, 0.15) is 104 Å². The van der Waals surface area contributed by atoms with Crippen molar-refractivity contribution in [3.05, 3.63) is 88.5 Å². The van der Waals surface area contributed by atoms with E-state index in [0.29, 0.717) is 54.9 Å². The van der Waals surface area contributed by atoms with Crippen LogP contribution in [0.5, 0.6) is 5.75 Å². The Kier molecular flexibility index (Phi) is 24.4. The molecule has 26 nitrogen and oxygen atoms in total. The first-order valence-electron chi connectivity index (χ1n) is 29.3. The number of nitrogens with two attached hydrogens (primary N) is 1. The number of benzene rings is 2. The lowest BCUT2D eigenvalue weighted by Gasteiger charge is -2.42. The normalized spacial score (nSPS) is 25.5. The number of rotatable bonds is 23. The molecule has 1 unspecified atom stereocenters. The van der Waals surface area contributed by atoms with Gasteiger partial charge in [-0.1, -0.05) is 74.7 Å². The Morgan fingerprint density at radius 3 is 2.35 bits per heavy atom. The quantitative estimate of drug-likeness (QED) is 0.0326. The number of aliphatic hydroxyl groups excluding tert-OH is 1. The van der Waals surface area contributed by atoms with Crippen LogP contribution in [0.15, 0.2) is 72.4 Å². The summed E-state index contributed by atoms with van der Waals surface area (Å²) >= 11 is 6.83. The van der Waals surface area contributed by atoms with Crippen LogP contribution < -0.4 is 42.0 Å². The SMILES string of the molecule is COc1cc2cc(c1Cl)N(C)C(=O)C[C@H](OC(=O)[C@H](C)N(C)C(=O)OCc1ccc(NC(=O)[C@H](CCCNC(N)=O)NC(=O)[C@@H](NC(=O)CCCCCN3C(=O)C=CC3O)C(C)C)cc1)[C@]1(C)O[C@H]1[C@H](C)[C@@H]1C[C@@](O)(NC(=O)O1)[C@H](OC)/C=C/C=C(\C)C2. The molecule has 6 rings (SSSR count). The fourth-order valence-corrected chi connectivity index (χ4v) is 10.9. The highest BCUT2D eigenvalue weighted by atomic mass is 35.5. The van der Waals surface area contributed by atoms with Gasteiger partial charge in [0, 0.05) is 64.8 Å². The lowest BCUT2D eigenvalue weighted by Crippen LogP contribution is -2.63. The molecule has 9 N–H and O–H groups in total. The fourth-order valence-electron chi connectivity index (χ4n) is 10.6. The number of nitrogens with zero attached hydrogens (tertiary/aromatic N) is 3. The van der Waals surface area contributed by atoms with Gasteiger partial charge in [-0.05, 0) is 100 Å². The zero-order valence-electron chi connectivity index (χ0n) is 51.4. The summed E-state index contributed by atoms with van der Waals surface area (Å²) in [6, 6.07) is 5.59. The molecule has 4 bridgehead atoms. The number of allylic oxidation sites excluding steroid dienone is 3. The van der Waals surface area contributed by atoms with Crippen molar-refractivity contribution in [1.82, 2.24) is 31.1 Å². The van der Waals surface area contributed by atoms with Crippen molar-refractivity contribution < 1.29 is 81.8 Å². The number of esters is 1. The molecule has 482 valence electrons. The van der Waals surface area contributed by atoms with Gasteiger partial charge in [0.2, 0.25) is 29.5 Å². The first kappa shape index (κ1) is 69.3. The second kappa shape index (κ2) is 30.9. The van der Waals surface area contributed by atoms with Crippen LogP contribution in [0.2, 0.25) is 5.02 Å². The highest BCUT2D eigenvalue weighted by molar-refractivity contribution is 6.35. The number of fused-ring (bicyclic) bond motifs is 5. The highest BCUT2D eigenvalue weighted by Gasteiger charge is 2.64. The summed E-state index contributed by atoms with van der Waals surface area (Å²) in [6.45, 7) is 10.4. The van der Waals surface area contributed by atoms with Crippen LogP contribution in [0.25, 0.3) is 0 Å². The van der Waals surface area contributed by atoms with Crippen molar-refractivity contribution in [2.45, 2.75) is 166 Å². The molecule has 27 heteroatoms. The molecule has 2 aromatic rings. The van der Waals surface area contributed by atoms with Gasteiger partial charge >= 0.3 is 24.2 Å². The average Bonchev–Trinajstić information content (AvgIpc) is 1.82. The van der Waals surface area contributed by atoms with Gasteiger partial charge in [0.15, 0.2) is 5.72 Å². The summed E-state index contributed by atoms with van der Waals surface area (Å²) in [7, 11) is 5.71. The van der Waals surface area contributed by atoms with Crippen molar-refractivity contribution in [3.8, 4) is 5.75 Å². The van der Waals surface area contributed by atoms with Gasteiger partial charge in [-0.15, -0.1) is 0 Å². The number of amides is 9. The minimum absolute atomic E-state index is 0.0760. The summed E-state index contributed by atoms with van der Waals surface area (Å²) < 4.78 is 35.0. The maximum absolute atomic E-state index is 14.4. The number of hydrogen-bond donors (Lipinski definition) is 8. The van der Waals surface area contributed by atoms with E-state index in [-0.39, 0.29) is 61.6 Å². The zero-order chi connectivity index (χ0) is 64.8. The Balaban J connectivity index is 1.09. The van der Waals surface area contributed by atoms with E-state index in [1.165, 1.54) is 57.2 Å². The van der Waals surface area contributed by atoms with E-state index in [4.69, 9.17) is 45.8 Å². The minimum atomic E-state index is -1.91. The molecule has 2 aromatic carbocycles. The van der Waals surface area contributed by atoms with Gasteiger partial charge in [0.25, 0.3) is 0 Å². The van der Waals surface area contributed by atoms with Crippen LogP contribution in [0.4, 0.5) is 25.8 Å². The Hall–Kier alpha value is -7.78. The number of unbranched alkanes of at least 4 members (excludes halogenated alkanes) is 2. The molecule has 4 aliphatic heterocycles. The van der Waals surface area contributed by atoms with E-state index in [9.17, 15) is 53.4 Å². The average molecular weight is 1250 g/mol. The molecule has 4 aliphatic rings. The number of likely N-dealkylation sites (N-methyl/N-ethyl adjacent to an activating group) is 1. The summed E-state index contributed by atoms with van der Waals surface area (Å²) in [5.74, 6) is -4.02. The third-order valence-corrected chi connectivity index (χ3v) is 16.6. The Morgan fingerprint density at radius 2 is 1.70 bits per heavy atom. The van der Waals surface area contributed by atoms with Crippen LogP contribution in [-0.2, 0) is 65.5 Å². The number of nitrogens with one attached hydrogen (secondary N) is 5. The number of carbonyl (C=O) groups is 9. The second-order valence-corrected chi connectivity index (χ2v) is 23.5. The van der Waals surface area contributed by atoms with E-state index >= 15 is 0 Å². The van der Waals surface area contributed by atoms with Crippen LogP contribution in [0.3, 0.4) is 0 Å². The predicted octanol–water partition coefficient (Wildman–Crippen LogP) is 4.61. The number of methoxy groups -OCH3 is 2. The molecule has 11 atom stereocenters. The first-order chi connectivity index (χ1) is 41.6. The van der Waals surface area contributed by atoms with E-state index in [1.54, 1.807) is 76.2 Å². The van der Waals surface area contributed by atoms with Gasteiger partial charge in [0.1, 0.15) is 65.6 Å². The van der Waals surface area contributed by atoms with Gasteiger partial charge in [0.05, 0.1) is 25.3 Å². The smallest absolute Gasteiger partial charge is 0.410 e. The van der Waals surface area contributed by atoms with Gasteiger partial charge in [-0.2, -0.15) is 0 Å². The summed E-state index contributed by atoms with van der Waals surface area (Å²) in [4.78, 5) is 123. The molecule has 0 saturated carbocycles. The number of aliphatic hydroxyl groups is 2. The molecule has 2 fully saturated rings. The Bertz CT molecular complexity index is 2980. The predicted molar refractivity (Wildman–Crippen MR) is 322 cm³/mol. The number of ether oxygens (including phenoxy) is 6. The lowest BCUT2D eigenvalue weighted by molar-refractivity contribution is -0.158. The number of hydrogen-bond acceptors (Lipinski definition) is 17. The van der Waals surface area contributed by atoms with E-state index in [1.807, 2.05) is 13.0 Å². The molecule has 0 aliphatic carbocycles. The van der Waals surface area contributed by atoms with Crippen molar-refractivity contribution >= 4 is 76.7 Å². The summed E-state index contributed by atoms with van der Waals surface area (Å²) in [5.41, 5.74) is 4.70. The Labute approximate surface area is 517 Å². The molecular weight excluding hydrogens is 1170 g/mol. The van der Waals surface area contributed by atoms with Crippen molar-refractivity contribution in [3.63, 3.8) is 0 Å². The third kappa shape index (κ3) is 18.2. The van der Waals surface area contributed by atoms with Gasteiger partial charge in [-0.25, -0.2) is 19.2 Å². The maximum Gasteiger partial charge on any atom is 0.410 e. The standard InChI is InChI=1S/C61H84ClN9O17/c1-34(2)52(67-47(72)19-12-11-13-27-71-48(73)24-25-49(71)74)55(77)66-41(17-15-26-64-57(63)79)54(76)65-40-22-20-38(21-23-40)33-85-59(81)69(7)37(5)56(78)87-46-31-50(75)70(8)42-29-39(30-43(83-9)51(42)62)28-35(3)16-14-18-45(84-10)61(82)32-44(86-58(80)68-61)36(4)53-60(46,6)88-53/h14,16,18,20-25,29-30,34,36-37,41,44-46,48,52-53,73,82H,11-13,15,17,19,26-28,31-33H2,1-10H3,(H,65,76)(H,66,77)(H,67,72)(H,68,80)(H3,63,64,79)/b18-14+,35-16+/t36-,37+,41+,44+,45-,46+,48?,52+,53+,60+,61+/m1/s1. The maximum atomic E-state index is 14.4. The van der Waals surface area contributed by atoms with E-state index in [0.717, 1.165) is 16.0 Å². The minimum Gasteiger partial charge on any atom is -0.495 e. The molecule has 0 aromatic heterocycles. The number of alkyl carbamates (subject to hydrolysis) is 1. The van der Waals surface area contributed by atoms with Crippen molar-refractivity contribution in [2.75, 3.05) is 51.6 Å².